The van der Waals surface area contributed by atoms with Gasteiger partial charge in [0.1, 0.15) is 6.33 Å². The van der Waals surface area contributed by atoms with E-state index in [0.29, 0.717) is 31.1 Å². The number of benzene rings is 1. The van der Waals surface area contributed by atoms with Gasteiger partial charge in [-0.05, 0) is 17.7 Å². The van der Waals surface area contributed by atoms with Gasteiger partial charge < -0.3 is 10.1 Å². The molecule has 0 spiro atoms. The summed E-state index contributed by atoms with van der Waals surface area (Å²) in [5, 5.41) is 10.7. The molecule has 3 aromatic rings. The van der Waals surface area contributed by atoms with Crippen molar-refractivity contribution in [3.8, 4) is 11.1 Å². The maximum atomic E-state index is 12.2. The van der Waals surface area contributed by atoms with E-state index in [4.69, 9.17) is 4.74 Å². The topological polar surface area (TPSA) is 81.4 Å². The van der Waals surface area contributed by atoms with Crippen molar-refractivity contribution in [2.45, 2.75) is 6.92 Å². The van der Waals surface area contributed by atoms with Crippen LogP contribution < -0.4 is 5.32 Å². The summed E-state index contributed by atoms with van der Waals surface area (Å²) in [7, 11) is 0. The number of nitrogens with one attached hydrogen (secondary N) is 1. The maximum Gasteiger partial charge on any atom is 0.254 e. The first-order valence-electron chi connectivity index (χ1n) is 7.75. The third kappa shape index (κ3) is 2.74. The molecule has 1 saturated heterocycles. The molecule has 0 aliphatic carbocycles. The Morgan fingerprint density at radius 3 is 2.79 bits per heavy atom. The Hall–Kier alpha value is -2.80. The number of hydrogen-bond donors (Lipinski definition) is 1. The number of amides is 1. The van der Waals surface area contributed by atoms with Gasteiger partial charge in [0, 0.05) is 35.5 Å². The molecule has 7 heteroatoms. The number of rotatable bonds is 4. The van der Waals surface area contributed by atoms with Crippen LogP contribution in [0.25, 0.3) is 16.9 Å². The van der Waals surface area contributed by atoms with Crippen LogP contribution in [0.3, 0.4) is 0 Å². The van der Waals surface area contributed by atoms with Crippen LogP contribution in [0.4, 0.5) is 0 Å². The van der Waals surface area contributed by atoms with Gasteiger partial charge in [-0.1, -0.05) is 19.1 Å². The molecule has 4 rings (SSSR count). The van der Waals surface area contributed by atoms with Crippen molar-refractivity contribution in [3.05, 3.63) is 48.5 Å². The highest BCUT2D eigenvalue weighted by molar-refractivity contribution is 5.94. The number of ether oxygens (including phenoxy) is 1. The summed E-state index contributed by atoms with van der Waals surface area (Å²) in [4.78, 5) is 16.5. The molecule has 3 heterocycles. The SMILES string of the molecule is CC1(CNC(=O)c2ccc(-c3cnc4nncn4c3)cc2)COC1. The molecule has 0 bridgehead atoms. The first-order chi connectivity index (χ1) is 11.6. The fourth-order valence-electron chi connectivity index (χ4n) is 2.64. The first kappa shape index (κ1) is 14.8. The lowest BCUT2D eigenvalue weighted by molar-refractivity contribution is -0.0978. The van der Waals surface area contributed by atoms with Crippen LogP contribution >= 0.6 is 0 Å². The minimum absolute atomic E-state index is 0.0650. The summed E-state index contributed by atoms with van der Waals surface area (Å²) in [5.41, 5.74) is 2.62. The monoisotopic (exact) mass is 323 g/mol. The summed E-state index contributed by atoms with van der Waals surface area (Å²) in [6.45, 7) is 4.13. The molecule has 1 amide bonds. The van der Waals surface area contributed by atoms with Crippen LogP contribution in [0, 0.1) is 5.41 Å². The quantitative estimate of drug-likeness (QED) is 0.788. The molecule has 0 saturated carbocycles. The largest absolute Gasteiger partial charge is 0.380 e. The van der Waals surface area contributed by atoms with E-state index in [1.165, 1.54) is 0 Å². The molecule has 2 aromatic heterocycles. The van der Waals surface area contributed by atoms with Crippen molar-refractivity contribution in [1.29, 1.82) is 0 Å². The fraction of sp³-hybridized carbons (Fsp3) is 0.294. The zero-order chi connectivity index (χ0) is 16.6. The van der Waals surface area contributed by atoms with Gasteiger partial charge in [-0.25, -0.2) is 4.98 Å². The highest BCUT2D eigenvalue weighted by atomic mass is 16.5. The summed E-state index contributed by atoms with van der Waals surface area (Å²) in [5.74, 6) is 0.491. The Kier molecular flexibility index (Phi) is 3.50. The highest BCUT2D eigenvalue weighted by Gasteiger charge is 2.33. The maximum absolute atomic E-state index is 12.2. The number of fused-ring (bicyclic) bond motifs is 1. The molecule has 1 fully saturated rings. The Balaban J connectivity index is 1.48. The lowest BCUT2D eigenvalue weighted by atomic mass is 9.88. The Morgan fingerprint density at radius 2 is 2.08 bits per heavy atom. The molecule has 0 unspecified atom stereocenters. The van der Waals surface area contributed by atoms with Crippen molar-refractivity contribution >= 4 is 11.7 Å². The number of carbonyl (C=O) groups is 1. The minimum Gasteiger partial charge on any atom is -0.380 e. The molecule has 1 N–H and O–H groups in total. The van der Waals surface area contributed by atoms with Crippen molar-refractivity contribution < 1.29 is 9.53 Å². The van der Waals surface area contributed by atoms with Crippen LogP contribution in [0.2, 0.25) is 0 Å². The van der Waals surface area contributed by atoms with Gasteiger partial charge in [0.2, 0.25) is 0 Å². The van der Waals surface area contributed by atoms with Gasteiger partial charge in [-0.15, -0.1) is 10.2 Å². The Bertz CT molecular complexity index is 883. The minimum atomic E-state index is -0.0675. The molecule has 122 valence electrons. The van der Waals surface area contributed by atoms with Gasteiger partial charge >= 0.3 is 0 Å². The standard InChI is InChI=1S/C17H17N5O2/c1-17(9-24-10-17)8-19-15(23)13-4-2-12(3-5-13)14-6-18-16-21-20-11-22(16)7-14/h2-7,11H,8-10H2,1H3,(H,19,23). The second-order valence-corrected chi connectivity index (χ2v) is 6.44. The molecular formula is C17H17N5O2. The molecule has 1 aromatic carbocycles. The predicted octanol–water partition coefficient (Wildman–Crippen LogP) is 1.56. The normalized spacial score (nSPS) is 15.9. The second kappa shape index (κ2) is 5.68. The van der Waals surface area contributed by atoms with Crippen LogP contribution in [-0.4, -0.2) is 45.2 Å². The molecule has 7 nitrogen and oxygen atoms in total. The van der Waals surface area contributed by atoms with E-state index >= 15 is 0 Å². The van der Waals surface area contributed by atoms with Crippen LogP contribution in [-0.2, 0) is 4.74 Å². The zero-order valence-corrected chi connectivity index (χ0v) is 13.3. The number of aromatic nitrogens is 4. The van der Waals surface area contributed by atoms with Crippen molar-refractivity contribution in [1.82, 2.24) is 24.9 Å². The molecule has 0 atom stereocenters. The number of hydrogen-bond acceptors (Lipinski definition) is 5. The van der Waals surface area contributed by atoms with Crippen LogP contribution in [0.1, 0.15) is 17.3 Å². The third-order valence-electron chi connectivity index (χ3n) is 4.21. The van der Waals surface area contributed by atoms with Crippen molar-refractivity contribution in [3.63, 3.8) is 0 Å². The lowest BCUT2D eigenvalue weighted by Crippen LogP contribution is -2.48. The second-order valence-electron chi connectivity index (χ2n) is 6.44. The van der Waals surface area contributed by atoms with Crippen LogP contribution in [0.5, 0.6) is 0 Å². The van der Waals surface area contributed by atoms with Gasteiger partial charge in [0.25, 0.3) is 11.7 Å². The van der Waals surface area contributed by atoms with Crippen LogP contribution in [0.15, 0.2) is 43.0 Å². The summed E-state index contributed by atoms with van der Waals surface area (Å²) < 4.78 is 6.96. The zero-order valence-electron chi connectivity index (χ0n) is 13.3. The van der Waals surface area contributed by atoms with E-state index < -0.39 is 0 Å². The summed E-state index contributed by atoms with van der Waals surface area (Å²) >= 11 is 0. The summed E-state index contributed by atoms with van der Waals surface area (Å²) in [6, 6.07) is 7.47. The van der Waals surface area contributed by atoms with Gasteiger partial charge in [0.05, 0.1) is 13.2 Å². The third-order valence-corrected chi connectivity index (χ3v) is 4.21. The molecular weight excluding hydrogens is 306 g/mol. The van der Waals surface area contributed by atoms with E-state index in [2.05, 4.69) is 27.4 Å². The Labute approximate surface area is 138 Å². The fourth-order valence-corrected chi connectivity index (χ4v) is 2.64. The molecule has 1 aliphatic rings. The molecule has 24 heavy (non-hydrogen) atoms. The van der Waals surface area contributed by atoms with E-state index in [9.17, 15) is 4.79 Å². The highest BCUT2D eigenvalue weighted by Crippen LogP contribution is 2.25. The van der Waals surface area contributed by atoms with Crippen molar-refractivity contribution in [2.24, 2.45) is 5.41 Å². The smallest absolute Gasteiger partial charge is 0.254 e. The molecule has 1 aliphatic heterocycles. The average Bonchev–Trinajstić information content (AvgIpc) is 3.06. The van der Waals surface area contributed by atoms with Crippen molar-refractivity contribution in [2.75, 3.05) is 19.8 Å². The predicted molar refractivity (Wildman–Crippen MR) is 87.5 cm³/mol. The Morgan fingerprint density at radius 1 is 1.29 bits per heavy atom. The number of nitrogens with zero attached hydrogens (tertiary/aromatic N) is 4. The first-order valence-corrected chi connectivity index (χ1v) is 7.75. The van der Waals surface area contributed by atoms with Gasteiger partial charge in [-0.2, -0.15) is 0 Å². The molecule has 0 radical (unpaired) electrons. The lowest BCUT2D eigenvalue weighted by Gasteiger charge is -2.38. The van der Waals surface area contributed by atoms with E-state index in [1.807, 2.05) is 30.5 Å². The number of carbonyl (C=O) groups excluding carboxylic acids is 1. The van der Waals surface area contributed by atoms with E-state index in [-0.39, 0.29) is 11.3 Å². The summed E-state index contributed by atoms with van der Waals surface area (Å²) in [6.07, 6.45) is 5.27. The van der Waals surface area contributed by atoms with E-state index in [1.54, 1.807) is 16.9 Å². The average molecular weight is 323 g/mol. The van der Waals surface area contributed by atoms with Gasteiger partial charge in [-0.3, -0.25) is 9.20 Å². The van der Waals surface area contributed by atoms with E-state index in [0.717, 1.165) is 11.1 Å². The van der Waals surface area contributed by atoms with Gasteiger partial charge in [0.15, 0.2) is 0 Å².